The summed E-state index contributed by atoms with van der Waals surface area (Å²) in [5.41, 5.74) is 0.752. The third-order valence-corrected chi connectivity index (χ3v) is 7.61. The Balaban J connectivity index is 1.11. The third kappa shape index (κ3) is 7.33. The fourth-order valence-electron chi connectivity index (χ4n) is 4.35. The topological polar surface area (TPSA) is 63.9 Å². The minimum atomic E-state index is -0.172. The van der Waals surface area contributed by atoms with E-state index < -0.39 is 0 Å². The summed E-state index contributed by atoms with van der Waals surface area (Å²) in [6.07, 6.45) is 5.04. The van der Waals surface area contributed by atoms with Crippen molar-refractivity contribution in [1.29, 1.82) is 0 Å². The zero-order chi connectivity index (χ0) is 23.8. The van der Waals surface area contributed by atoms with Crippen molar-refractivity contribution in [2.24, 2.45) is 5.92 Å². The molecule has 0 bridgehead atoms. The summed E-state index contributed by atoms with van der Waals surface area (Å²) in [6, 6.07) is 5.94. The van der Waals surface area contributed by atoms with Crippen molar-refractivity contribution in [3.05, 3.63) is 35.4 Å². The van der Waals surface area contributed by atoms with Crippen molar-refractivity contribution in [2.45, 2.75) is 51.9 Å². The van der Waals surface area contributed by atoms with Crippen molar-refractivity contribution in [3.8, 4) is 5.75 Å². The smallest absolute Gasteiger partial charge is 0.324 e. The van der Waals surface area contributed by atoms with Crippen LogP contribution in [0.25, 0.3) is 0 Å². The van der Waals surface area contributed by atoms with E-state index in [1.807, 2.05) is 12.1 Å². The second-order valence-electron chi connectivity index (χ2n) is 9.39. The molecule has 188 valence electrons. The van der Waals surface area contributed by atoms with E-state index in [1.165, 1.54) is 6.07 Å². The van der Waals surface area contributed by atoms with E-state index in [-0.39, 0.29) is 11.7 Å². The van der Waals surface area contributed by atoms with E-state index in [1.54, 1.807) is 11.9 Å². The number of benzene rings is 1. The van der Waals surface area contributed by atoms with Crippen LogP contribution in [0.5, 0.6) is 5.75 Å². The van der Waals surface area contributed by atoms with E-state index in [0.29, 0.717) is 24.3 Å². The number of piperidine rings is 1. The third-order valence-electron chi connectivity index (χ3n) is 6.50. The fraction of sp³-hybridized carbons (Fsp3) is 0.680. The number of anilines is 1. The highest BCUT2D eigenvalue weighted by Gasteiger charge is 2.23. The Morgan fingerprint density at radius 1 is 1.18 bits per heavy atom. The van der Waals surface area contributed by atoms with Gasteiger partial charge in [0.05, 0.1) is 19.8 Å². The van der Waals surface area contributed by atoms with Crippen LogP contribution in [0.1, 0.15) is 56.8 Å². The van der Waals surface area contributed by atoms with Gasteiger partial charge in [-0.3, -0.25) is 0 Å². The summed E-state index contributed by atoms with van der Waals surface area (Å²) in [6.45, 7) is 10.1. The molecule has 0 N–H and O–H groups in total. The van der Waals surface area contributed by atoms with Crippen LogP contribution in [0.2, 0.25) is 0 Å². The van der Waals surface area contributed by atoms with Gasteiger partial charge in [-0.25, -0.2) is 8.70 Å². The van der Waals surface area contributed by atoms with E-state index in [2.05, 4.69) is 33.2 Å². The molecule has 2 fully saturated rings. The van der Waals surface area contributed by atoms with Crippen LogP contribution in [-0.4, -0.2) is 66.2 Å². The Labute approximate surface area is 206 Å². The lowest BCUT2D eigenvalue weighted by Gasteiger charge is -2.30. The van der Waals surface area contributed by atoms with Gasteiger partial charge in [0.1, 0.15) is 11.6 Å². The van der Waals surface area contributed by atoms with Gasteiger partial charge in [0.25, 0.3) is 0 Å². The Kier molecular flexibility index (Phi) is 9.47. The first kappa shape index (κ1) is 25.3. The second-order valence-corrected chi connectivity index (χ2v) is 10.6. The molecule has 2 aliphatic heterocycles. The van der Waals surface area contributed by atoms with Gasteiger partial charge in [0, 0.05) is 43.9 Å². The van der Waals surface area contributed by atoms with Crippen LogP contribution in [-0.2, 0) is 11.2 Å². The van der Waals surface area contributed by atoms with Gasteiger partial charge in [0.2, 0.25) is 0 Å². The number of rotatable bonds is 11. The number of hydrogen-bond donors (Lipinski definition) is 0. The largest absolute Gasteiger partial charge is 0.493 e. The molecule has 0 saturated carbocycles. The highest BCUT2D eigenvalue weighted by Crippen LogP contribution is 2.26. The Morgan fingerprint density at radius 3 is 2.68 bits per heavy atom. The van der Waals surface area contributed by atoms with Gasteiger partial charge < -0.3 is 18.9 Å². The molecule has 2 saturated heterocycles. The molecule has 34 heavy (non-hydrogen) atoms. The first-order valence-corrected chi connectivity index (χ1v) is 13.5. The summed E-state index contributed by atoms with van der Waals surface area (Å²) in [7, 11) is 0. The summed E-state index contributed by atoms with van der Waals surface area (Å²) in [5, 5.41) is 4.07. The van der Waals surface area contributed by atoms with Gasteiger partial charge >= 0.3 is 6.01 Å². The van der Waals surface area contributed by atoms with E-state index in [4.69, 9.17) is 14.0 Å². The van der Waals surface area contributed by atoms with Gasteiger partial charge in [-0.15, -0.1) is 0 Å². The maximum absolute atomic E-state index is 14.5. The van der Waals surface area contributed by atoms with Crippen LogP contribution in [0, 0.1) is 11.7 Å². The highest BCUT2D eigenvalue weighted by molar-refractivity contribution is 7.97. The molecule has 2 aromatic rings. The van der Waals surface area contributed by atoms with Crippen molar-refractivity contribution in [1.82, 2.24) is 14.4 Å². The molecule has 4 rings (SSSR count). The van der Waals surface area contributed by atoms with Crippen LogP contribution in [0.3, 0.4) is 0 Å². The van der Waals surface area contributed by atoms with E-state index >= 15 is 0 Å². The molecule has 7 nitrogen and oxygen atoms in total. The average molecular weight is 493 g/mol. The average Bonchev–Trinajstić information content (AvgIpc) is 3.35. The molecule has 0 radical (unpaired) electrons. The molecular weight excluding hydrogens is 455 g/mol. The minimum absolute atomic E-state index is 0.172. The van der Waals surface area contributed by atoms with Gasteiger partial charge in [-0.2, -0.15) is 4.98 Å². The monoisotopic (exact) mass is 492 g/mol. The molecule has 1 aromatic heterocycles. The summed E-state index contributed by atoms with van der Waals surface area (Å²) < 4.78 is 33.4. The first-order chi connectivity index (χ1) is 16.6. The number of aryl methyl sites for hydroxylation is 1. The maximum atomic E-state index is 14.5. The van der Waals surface area contributed by atoms with Crippen molar-refractivity contribution >= 4 is 18.0 Å². The second kappa shape index (κ2) is 12.7. The first-order valence-electron chi connectivity index (χ1n) is 12.5. The minimum Gasteiger partial charge on any atom is -0.493 e. The highest BCUT2D eigenvalue weighted by atomic mass is 32.2. The molecule has 9 heteroatoms. The zero-order valence-electron chi connectivity index (χ0n) is 20.4. The fourth-order valence-corrected chi connectivity index (χ4v) is 5.32. The molecule has 3 heterocycles. The van der Waals surface area contributed by atoms with Crippen LogP contribution in [0.4, 0.5) is 10.4 Å². The number of morpholine rings is 1. The molecule has 0 unspecified atom stereocenters. The lowest BCUT2D eigenvalue weighted by atomic mass is 9.92. The number of nitrogens with zero attached hydrogens (tertiary/aromatic N) is 4. The number of hydrogen-bond acceptors (Lipinski definition) is 8. The summed E-state index contributed by atoms with van der Waals surface area (Å²) >= 11 is 1.78. The standard InChI is InChI=1S/C25H37FN4O3S/c1-19(2)24-27-25(33-28-24)29-10-7-20(8-11-29)4-3-14-32-22-6-5-21(23(26)18-22)9-17-34-30-12-15-31-16-13-30/h5-6,18-20H,3-4,7-17H2,1-2H3. The van der Waals surface area contributed by atoms with Gasteiger partial charge in [-0.05, 0) is 49.7 Å². The molecule has 0 amide bonds. The molecular formula is C25H37FN4O3S. The quantitative estimate of drug-likeness (QED) is 0.323. The number of halogens is 1. The van der Waals surface area contributed by atoms with Crippen LogP contribution >= 0.6 is 11.9 Å². The molecule has 0 atom stereocenters. The Bertz CT molecular complexity index is 883. The Hall–Kier alpha value is -1.84. The SMILES string of the molecule is CC(C)c1noc(N2CCC(CCCOc3ccc(CCSN4CCOCC4)c(F)c3)CC2)n1. The number of ether oxygens (including phenoxy) is 2. The van der Waals surface area contributed by atoms with Crippen molar-refractivity contribution in [3.63, 3.8) is 0 Å². The maximum Gasteiger partial charge on any atom is 0.324 e. The molecule has 1 aromatic carbocycles. The van der Waals surface area contributed by atoms with Gasteiger partial charge in [0.15, 0.2) is 5.82 Å². The normalized spacial score (nSPS) is 18.1. The zero-order valence-corrected chi connectivity index (χ0v) is 21.2. The summed E-state index contributed by atoms with van der Waals surface area (Å²) in [5.74, 6) is 3.05. The molecule has 2 aliphatic rings. The lowest BCUT2D eigenvalue weighted by molar-refractivity contribution is 0.0773. The lowest BCUT2D eigenvalue weighted by Crippen LogP contribution is -2.34. The molecule has 0 aliphatic carbocycles. The van der Waals surface area contributed by atoms with Crippen LogP contribution in [0.15, 0.2) is 22.7 Å². The Morgan fingerprint density at radius 2 is 1.97 bits per heavy atom. The van der Waals surface area contributed by atoms with E-state index in [0.717, 1.165) is 88.6 Å². The summed E-state index contributed by atoms with van der Waals surface area (Å²) in [4.78, 5) is 6.70. The predicted molar refractivity (Wildman–Crippen MR) is 133 cm³/mol. The van der Waals surface area contributed by atoms with Crippen molar-refractivity contribution in [2.75, 3.05) is 56.7 Å². The van der Waals surface area contributed by atoms with Crippen molar-refractivity contribution < 1.29 is 18.4 Å². The predicted octanol–water partition coefficient (Wildman–Crippen LogP) is 4.93. The van der Waals surface area contributed by atoms with Gasteiger partial charge in [-0.1, -0.05) is 37.0 Å². The molecule has 0 spiro atoms. The number of aromatic nitrogens is 2. The van der Waals surface area contributed by atoms with E-state index in [9.17, 15) is 4.39 Å². The van der Waals surface area contributed by atoms with Crippen LogP contribution < -0.4 is 9.64 Å².